The number of nitrogens with two attached hydrogens (primary N) is 1. The Morgan fingerprint density at radius 1 is 0.839 bits per heavy atom. The van der Waals surface area contributed by atoms with Gasteiger partial charge in [0.1, 0.15) is 6.79 Å². The third kappa shape index (κ3) is 11.5. The number of ketones is 1. The second kappa shape index (κ2) is 16.6. The minimum atomic E-state index is -0.0507. The quantitative estimate of drug-likeness (QED) is 0.447. The van der Waals surface area contributed by atoms with Gasteiger partial charge in [-0.3, -0.25) is 9.59 Å². The molecule has 3 N–H and O–H groups in total. The van der Waals surface area contributed by atoms with E-state index in [-0.39, 0.29) is 16.7 Å². The Labute approximate surface area is 188 Å². The molecule has 0 aliphatic heterocycles. The summed E-state index contributed by atoms with van der Waals surface area (Å²) in [6, 6.07) is 25.7. The van der Waals surface area contributed by atoms with Crippen molar-refractivity contribution >= 4 is 35.1 Å². The van der Waals surface area contributed by atoms with Crippen LogP contribution in [0.2, 0.25) is 0 Å². The summed E-state index contributed by atoms with van der Waals surface area (Å²) in [5.74, 6) is 0.143. The van der Waals surface area contributed by atoms with Gasteiger partial charge in [-0.25, -0.2) is 0 Å². The fourth-order valence-electron chi connectivity index (χ4n) is 2.30. The lowest BCUT2D eigenvalue weighted by molar-refractivity contribution is -0.109. The molecule has 0 saturated carbocycles. The van der Waals surface area contributed by atoms with E-state index in [4.69, 9.17) is 15.6 Å². The van der Waals surface area contributed by atoms with Crippen molar-refractivity contribution in [2.75, 3.05) is 18.6 Å². The zero-order chi connectivity index (χ0) is 23.6. The number of carbonyl (C=O) groups is 3. The fraction of sp³-hybridized carbons (Fsp3) is 0.160. The molecule has 0 aliphatic carbocycles. The molecule has 0 aliphatic rings. The van der Waals surface area contributed by atoms with Gasteiger partial charge in [-0.1, -0.05) is 71.9 Å². The second-order valence-corrected chi connectivity index (χ2v) is 7.21. The Hall–Kier alpha value is -3.22. The molecule has 0 unspecified atom stereocenters. The van der Waals surface area contributed by atoms with Crippen LogP contribution in [0.25, 0.3) is 11.1 Å². The van der Waals surface area contributed by atoms with E-state index in [1.165, 1.54) is 23.6 Å². The second-order valence-electron chi connectivity index (χ2n) is 6.06. The van der Waals surface area contributed by atoms with E-state index in [0.717, 1.165) is 18.9 Å². The van der Waals surface area contributed by atoms with Crippen LogP contribution in [0.3, 0.4) is 0 Å². The highest BCUT2D eigenvalue weighted by molar-refractivity contribution is 8.14. The van der Waals surface area contributed by atoms with E-state index in [9.17, 15) is 9.59 Å². The van der Waals surface area contributed by atoms with Crippen LogP contribution in [0.15, 0.2) is 78.9 Å². The van der Waals surface area contributed by atoms with Gasteiger partial charge in [0, 0.05) is 25.3 Å². The number of hydrogen-bond donors (Lipinski definition) is 2. The van der Waals surface area contributed by atoms with Crippen LogP contribution in [0, 0.1) is 6.92 Å². The van der Waals surface area contributed by atoms with Gasteiger partial charge in [-0.2, -0.15) is 0 Å². The minimum Gasteiger partial charge on any atom is -0.400 e. The summed E-state index contributed by atoms with van der Waals surface area (Å²) in [5, 5.41) is 6.95. The first kappa shape index (κ1) is 27.8. The first-order valence-corrected chi connectivity index (χ1v) is 10.3. The first-order chi connectivity index (χ1) is 15.0. The third-order valence-electron chi connectivity index (χ3n) is 3.80. The van der Waals surface area contributed by atoms with Crippen molar-refractivity contribution in [3.8, 4) is 11.1 Å². The number of thioether (sulfide) groups is 1. The molecule has 3 aromatic carbocycles. The highest BCUT2D eigenvalue weighted by Crippen LogP contribution is 2.18. The molecule has 3 rings (SSSR count). The molecule has 0 aromatic heterocycles. The molecule has 0 heterocycles. The van der Waals surface area contributed by atoms with E-state index in [0.29, 0.717) is 11.3 Å². The summed E-state index contributed by atoms with van der Waals surface area (Å²) >= 11 is 1.02. The number of carbonyl (C=O) groups excluding carboxylic acids is 3. The van der Waals surface area contributed by atoms with Crippen LogP contribution in [0.4, 0.5) is 5.69 Å². The average molecular weight is 440 g/mol. The number of rotatable bonds is 4. The van der Waals surface area contributed by atoms with Crippen LogP contribution < -0.4 is 5.73 Å². The van der Waals surface area contributed by atoms with Crippen LogP contribution in [-0.4, -0.2) is 35.7 Å². The van der Waals surface area contributed by atoms with E-state index in [2.05, 4.69) is 55.5 Å². The lowest BCUT2D eigenvalue weighted by Crippen LogP contribution is -2.03. The average Bonchev–Trinajstić information content (AvgIpc) is 2.82. The Balaban J connectivity index is 0.000000501. The van der Waals surface area contributed by atoms with Crippen molar-refractivity contribution < 1.29 is 19.5 Å². The maximum atomic E-state index is 11.4. The summed E-state index contributed by atoms with van der Waals surface area (Å²) < 4.78 is 0. The summed E-state index contributed by atoms with van der Waals surface area (Å²) in [6.07, 6.45) is 0. The molecule has 3 aromatic rings. The molecule has 0 spiro atoms. The summed E-state index contributed by atoms with van der Waals surface area (Å²) in [7, 11) is 1.00. The van der Waals surface area contributed by atoms with Crippen molar-refractivity contribution in [1.29, 1.82) is 0 Å². The highest BCUT2D eigenvalue weighted by Gasteiger charge is 2.06. The van der Waals surface area contributed by atoms with E-state index < -0.39 is 0 Å². The van der Waals surface area contributed by atoms with Gasteiger partial charge in [0.05, 0.1) is 5.75 Å². The van der Waals surface area contributed by atoms with Crippen molar-refractivity contribution in [2.24, 2.45) is 0 Å². The van der Waals surface area contributed by atoms with Gasteiger partial charge in [-0.15, -0.1) is 0 Å². The van der Waals surface area contributed by atoms with Crippen LogP contribution in [0.5, 0.6) is 0 Å². The number of aryl methyl sites for hydroxylation is 1. The smallest absolute Gasteiger partial charge is 0.186 e. The van der Waals surface area contributed by atoms with E-state index in [1.807, 2.05) is 12.9 Å². The van der Waals surface area contributed by atoms with Gasteiger partial charge in [0.15, 0.2) is 10.9 Å². The normalized spacial score (nSPS) is 8.90. The fourth-order valence-corrected chi connectivity index (χ4v) is 2.80. The van der Waals surface area contributed by atoms with Crippen molar-refractivity contribution in [1.82, 2.24) is 0 Å². The summed E-state index contributed by atoms with van der Waals surface area (Å²) in [5.41, 5.74) is 10.6. The van der Waals surface area contributed by atoms with Gasteiger partial charge in [0.25, 0.3) is 0 Å². The SMILES string of the molecule is C=O.CC(=O)SCC(=O)c1ccc(N)cc1.CO.Cc1ccc(-c2ccccc2)cc1. The van der Waals surface area contributed by atoms with Crippen LogP contribution in [0.1, 0.15) is 22.8 Å². The van der Waals surface area contributed by atoms with Crippen molar-refractivity contribution in [3.05, 3.63) is 90.0 Å². The Bertz CT molecular complexity index is 895. The lowest BCUT2D eigenvalue weighted by atomic mass is 10.0. The number of Topliss-reactive ketones (excluding diaryl/α,β-unsaturated/α-hetero) is 1. The Kier molecular flexibility index (Phi) is 14.8. The summed E-state index contributed by atoms with van der Waals surface area (Å²) in [6.45, 7) is 5.55. The van der Waals surface area contributed by atoms with Crippen LogP contribution >= 0.6 is 11.8 Å². The molecule has 5 nitrogen and oxygen atoms in total. The number of anilines is 1. The zero-order valence-corrected chi connectivity index (χ0v) is 18.9. The highest BCUT2D eigenvalue weighted by atomic mass is 32.2. The molecular weight excluding hydrogens is 410 g/mol. The standard InChI is InChI=1S/C13H12.C10H11NO2S.CH4O.CH2O/c1-11-7-9-13(10-8-11)12-5-3-2-4-6-12;1-7(12)14-6-10(13)8-2-4-9(11)5-3-8;2*1-2/h2-10H,1H3;2-5H,6,11H2,1H3;2H,1H3;1H2. The predicted molar refractivity (Wildman–Crippen MR) is 130 cm³/mol. The topological polar surface area (TPSA) is 97.5 Å². The number of aliphatic hydroxyl groups is 1. The molecule has 0 radical (unpaired) electrons. The third-order valence-corrected chi connectivity index (χ3v) is 4.61. The maximum absolute atomic E-state index is 11.4. The number of aliphatic hydroxyl groups excluding tert-OH is 1. The zero-order valence-electron chi connectivity index (χ0n) is 18.1. The summed E-state index contributed by atoms with van der Waals surface area (Å²) in [4.78, 5) is 30.1. The predicted octanol–water partition coefficient (Wildman–Crippen LogP) is 4.82. The van der Waals surface area contributed by atoms with Crippen molar-refractivity contribution in [3.63, 3.8) is 0 Å². The molecule has 31 heavy (non-hydrogen) atoms. The number of hydrogen-bond acceptors (Lipinski definition) is 6. The van der Waals surface area contributed by atoms with Gasteiger partial charge < -0.3 is 15.6 Å². The molecular formula is C25H29NO4S. The molecule has 6 heteroatoms. The first-order valence-electron chi connectivity index (χ1n) is 9.33. The largest absolute Gasteiger partial charge is 0.400 e. The number of benzene rings is 3. The number of nitrogen functional groups attached to an aromatic ring is 1. The maximum Gasteiger partial charge on any atom is 0.186 e. The molecule has 0 bridgehead atoms. The molecule has 164 valence electrons. The molecule has 0 atom stereocenters. The molecule has 0 fully saturated rings. The van der Waals surface area contributed by atoms with E-state index >= 15 is 0 Å². The van der Waals surface area contributed by atoms with Gasteiger partial charge in [0.2, 0.25) is 0 Å². The Morgan fingerprint density at radius 2 is 1.32 bits per heavy atom. The molecule has 0 saturated heterocycles. The monoisotopic (exact) mass is 439 g/mol. The van der Waals surface area contributed by atoms with Crippen LogP contribution in [-0.2, 0) is 9.59 Å². The Morgan fingerprint density at radius 3 is 1.81 bits per heavy atom. The minimum absolute atomic E-state index is 0.0474. The van der Waals surface area contributed by atoms with E-state index in [1.54, 1.807) is 24.3 Å². The van der Waals surface area contributed by atoms with Crippen molar-refractivity contribution in [2.45, 2.75) is 13.8 Å². The lowest BCUT2D eigenvalue weighted by Gasteiger charge is -2.00. The van der Waals surface area contributed by atoms with Gasteiger partial charge in [-0.05, 0) is 42.3 Å². The molecule has 0 amide bonds. The van der Waals surface area contributed by atoms with Gasteiger partial charge >= 0.3 is 0 Å².